The first kappa shape index (κ1) is 18.3. The molecule has 1 aliphatic rings. The number of para-hydroxylation sites is 1. The molecule has 1 aliphatic heterocycles. The molecule has 0 atom stereocenters. The molecule has 0 saturated carbocycles. The van der Waals surface area contributed by atoms with Crippen molar-refractivity contribution in [1.29, 1.82) is 0 Å². The molecule has 1 heterocycles. The van der Waals surface area contributed by atoms with Gasteiger partial charge in [0, 0.05) is 31.1 Å². The van der Waals surface area contributed by atoms with Crippen molar-refractivity contribution in [2.24, 2.45) is 5.11 Å². The molecule has 0 aliphatic carbocycles. The smallest absolute Gasteiger partial charge is 0.410 e. The van der Waals surface area contributed by atoms with Crippen LogP contribution >= 0.6 is 0 Å². The third-order valence-corrected chi connectivity index (χ3v) is 3.60. The molecule has 2 rings (SSSR count). The van der Waals surface area contributed by atoms with Crippen molar-refractivity contribution in [2.45, 2.75) is 26.4 Å². The summed E-state index contributed by atoms with van der Waals surface area (Å²) in [6, 6.07) is 4.61. The lowest BCUT2D eigenvalue weighted by atomic mass is 10.2. The molecule has 25 heavy (non-hydrogen) atoms. The maximum atomic E-state index is 12.1. The third-order valence-electron chi connectivity index (χ3n) is 3.60. The summed E-state index contributed by atoms with van der Waals surface area (Å²) < 4.78 is 5.34. The van der Waals surface area contributed by atoms with Crippen molar-refractivity contribution >= 4 is 23.2 Å². The average Bonchev–Trinajstić information content (AvgIpc) is 2.53. The first-order valence-corrected chi connectivity index (χ1v) is 7.78. The van der Waals surface area contributed by atoms with E-state index in [2.05, 4.69) is 10.0 Å². The van der Waals surface area contributed by atoms with Crippen molar-refractivity contribution in [1.82, 2.24) is 4.90 Å². The van der Waals surface area contributed by atoms with Crippen LogP contribution in [-0.2, 0) is 4.74 Å². The molecule has 1 aromatic rings. The van der Waals surface area contributed by atoms with Crippen molar-refractivity contribution in [3.05, 3.63) is 38.8 Å². The lowest BCUT2D eigenvalue weighted by molar-refractivity contribution is -0.383. The molecular formula is C15H20N6O4. The lowest BCUT2D eigenvalue weighted by Gasteiger charge is -2.36. The van der Waals surface area contributed by atoms with E-state index in [-0.39, 0.29) is 11.4 Å². The molecule has 0 radical (unpaired) electrons. The van der Waals surface area contributed by atoms with Gasteiger partial charge in [0.05, 0.1) is 4.92 Å². The van der Waals surface area contributed by atoms with Gasteiger partial charge in [-0.1, -0.05) is 11.2 Å². The van der Waals surface area contributed by atoms with E-state index in [1.54, 1.807) is 42.7 Å². The van der Waals surface area contributed by atoms with Crippen LogP contribution in [0.15, 0.2) is 23.3 Å². The Hall–Kier alpha value is -3.00. The van der Waals surface area contributed by atoms with Gasteiger partial charge < -0.3 is 14.5 Å². The van der Waals surface area contributed by atoms with E-state index in [9.17, 15) is 14.9 Å². The highest BCUT2D eigenvalue weighted by Crippen LogP contribution is 2.37. The van der Waals surface area contributed by atoms with E-state index in [0.29, 0.717) is 31.9 Å². The monoisotopic (exact) mass is 348 g/mol. The van der Waals surface area contributed by atoms with Crippen LogP contribution in [0.3, 0.4) is 0 Å². The average molecular weight is 348 g/mol. The summed E-state index contributed by atoms with van der Waals surface area (Å²) in [7, 11) is 0. The maximum Gasteiger partial charge on any atom is 0.410 e. The fraction of sp³-hybridized carbons (Fsp3) is 0.533. The number of hydrogen-bond acceptors (Lipinski definition) is 6. The summed E-state index contributed by atoms with van der Waals surface area (Å²) in [6.45, 7) is 7.00. The number of nitro groups is 1. The van der Waals surface area contributed by atoms with Gasteiger partial charge in [-0.15, -0.1) is 0 Å². The second-order valence-corrected chi connectivity index (χ2v) is 6.55. The minimum absolute atomic E-state index is 0.0282. The number of benzene rings is 1. The Morgan fingerprint density at radius 2 is 1.96 bits per heavy atom. The van der Waals surface area contributed by atoms with Gasteiger partial charge in [0.15, 0.2) is 0 Å². The normalized spacial score (nSPS) is 14.7. The molecule has 0 bridgehead atoms. The molecule has 0 unspecified atom stereocenters. The number of carbonyl (C=O) groups is 1. The zero-order valence-electron chi connectivity index (χ0n) is 14.4. The summed E-state index contributed by atoms with van der Waals surface area (Å²) >= 11 is 0. The molecule has 10 heteroatoms. The number of nitrogens with zero attached hydrogens (tertiary/aromatic N) is 6. The lowest BCUT2D eigenvalue weighted by Crippen LogP contribution is -2.50. The fourth-order valence-corrected chi connectivity index (χ4v) is 2.55. The van der Waals surface area contributed by atoms with Crippen LogP contribution in [0.5, 0.6) is 0 Å². The van der Waals surface area contributed by atoms with E-state index in [0.717, 1.165) is 0 Å². The number of anilines is 1. The van der Waals surface area contributed by atoms with Crippen LogP contribution in [0.2, 0.25) is 0 Å². The number of amides is 1. The van der Waals surface area contributed by atoms with Gasteiger partial charge in [-0.3, -0.25) is 10.1 Å². The van der Waals surface area contributed by atoms with Gasteiger partial charge in [-0.2, -0.15) is 0 Å². The van der Waals surface area contributed by atoms with Gasteiger partial charge in [0.1, 0.15) is 17.0 Å². The molecule has 0 spiro atoms. The summed E-state index contributed by atoms with van der Waals surface area (Å²) in [6.07, 6.45) is -0.399. The van der Waals surface area contributed by atoms with E-state index in [1.807, 2.05) is 0 Å². The second-order valence-electron chi connectivity index (χ2n) is 6.55. The summed E-state index contributed by atoms with van der Waals surface area (Å²) in [5, 5.41) is 14.8. The Bertz CT molecular complexity index is 715. The second kappa shape index (κ2) is 7.27. The van der Waals surface area contributed by atoms with Crippen molar-refractivity contribution in [3.8, 4) is 0 Å². The van der Waals surface area contributed by atoms with E-state index in [4.69, 9.17) is 10.3 Å². The molecule has 0 N–H and O–H groups in total. The fourth-order valence-electron chi connectivity index (χ4n) is 2.55. The van der Waals surface area contributed by atoms with E-state index < -0.39 is 16.6 Å². The Morgan fingerprint density at radius 1 is 1.32 bits per heavy atom. The predicted octanol–water partition coefficient (Wildman–Crippen LogP) is 3.59. The first-order valence-electron chi connectivity index (χ1n) is 7.78. The molecular weight excluding hydrogens is 328 g/mol. The van der Waals surface area contributed by atoms with Crippen molar-refractivity contribution in [2.75, 3.05) is 31.1 Å². The van der Waals surface area contributed by atoms with Gasteiger partial charge >= 0.3 is 11.8 Å². The highest BCUT2D eigenvalue weighted by Gasteiger charge is 2.29. The topological polar surface area (TPSA) is 125 Å². The van der Waals surface area contributed by atoms with Gasteiger partial charge in [-0.25, -0.2) is 4.79 Å². The van der Waals surface area contributed by atoms with Gasteiger partial charge in [0.2, 0.25) is 0 Å². The van der Waals surface area contributed by atoms with E-state index >= 15 is 0 Å². The summed E-state index contributed by atoms with van der Waals surface area (Å²) in [5.41, 5.74) is 8.12. The minimum Gasteiger partial charge on any atom is -0.444 e. The summed E-state index contributed by atoms with van der Waals surface area (Å²) in [5.74, 6) is 0. The highest BCUT2D eigenvalue weighted by atomic mass is 16.6. The molecule has 1 aromatic carbocycles. The molecule has 1 fully saturated rings. The Kier molecular flexibility index (Phi) is 5.33. The number of azide groups is 1. The first-order chi connectivity index (χ1) is 11.7. The van der Waals surface area contributed by atoms with Crippen LogP contribution in [0, 0.1) is 10.1 Å². The number of ether oxygens (including phenoxy) is 1. The molecule has 1 saturated heterocycles. The number of hydrogen-bond donors (Lipinski definition) is 0. The molecule has 1 amide bonds. The quantitative estimate of drug-likeness (QED) is 0.271. The third kappa shape index (κ3) is 4.51. The van der Waals surface area contributed by atoms with Crippen molar-refractivity contribution < 1.29 is 14.5 Å². The summed E-state index contributed by atoms with van der Waals surface area (Å²) in [4.78, 5) is 28.9. The Labute approximate surface area is 144 Å². The maximum absolute atomic E-state index is 12.1. The minimum atomic E-state index is -0.573. The Morgan fingerprint density at radius 3 is 2.48 bits per heavy atom. The van der Waals surface area contributed by atoms with E-state index in [1.165, 1.54) is 6.07 Å². The SMILES string of the molecule is CC(C)(C)OC(=O)N1CCN(c2cccc(N=[N+]=[N-])c2[N+](=O)[O-])CC1. The van der Waals surface area contributed by atoms with Crippen molar-refractivity contribution in [3.63, 3.8) is 0 Å². The standard InChI is InChI=1S/C15H20N6O4/c1-15(2,3)25-14(22)20-9-7-19(8-10-20)12-6-4-5-11(17-18-16)13(12)21(23)24/h4-6H,7-10H2,1-3H3. The zero-order valence-corrected chi connectivity index (χ0v) is 14.4. The molecule has 0 aromatic heterocycles. The van der Waals surface area contributed by atoms with Gasteiger partial charge in [-0.05, 0) is 38.4 Å². The number of carbonyl (C=O) groups excluding carboxylic acids is 1. The van der Waals surface area contributed by atoms with Crippen LogP contribution in [0.25, 0.3) is 10.4 Å². The predicted molar refractivity (Wildman–Crippen MR) is 91.9 cm³/mol. The zero-order chi connectivity index (χ0) is 18.6. The Balaban J connectivity index is 2.16. The van der Waals surface area contributed by atoms with Crippen LogP contribution < -0.4 is 4.90 Å². The largest absolute Gasteiger partial charge is 0.444 e. The van der Waals surface area contributed by atoms with Gasteiger partial charge in [0.25, 0.3) is 0 Å². The van der Waals surface area contributed by atoms with Crippen LogP contribution in [0.4, 0.5) is 21.9 Å². The number of rotatable bonds is 3. The highest BCUT2D eigenvalue weighted by molar-refractivity contribution is 5.75. The van der Waals surface area contributed by atoms with Crippen LogP contribution in [0.1, 0.15) is 20.8 Å². The number of nitro benzene ring substituents is 1. The van der Waals surface area contributed by atoms with Crippen LogP contribution in [-0.4, -0.2) is 47.7 Å². The molecule has 10 nitrogen and oxygen atoms in total. The molecule has 134 valence electrons. The number of piperazine rings is 1.